The topological polar surface area (TPSA) is 45.7 Å². The van der Waals surface area contributed by atoms with Crippen LogP contribution >= 0.6 is 11.3 Å². The lowest BCUT2D eigenvalue weighted by atomic mass is 9.96. The molecule has 4 nitrogen and oxygen atoms in total. The molecule has 3 atom stereocenters. The Bertz CT molecular complexity index is 446. The van der Waals surface area contributed by atoms with Gasteiger partial charge >= 0.3 is 0 Å². The van der Waals surface area contributed by atoms with Gasteiger partial charge in [-0.2, -0.15) is 0 Å². The number of ether oxygens (including phenoxy) is 1. The third kappa shape index (κ3) is 3.33. The molecule has 110 valence electrons. The highest BCUT2D eigenvalue weighted by molar-refractivity contribution is 7.09. The molecule has 0 saturated carbocycles. The number of rotatable bonds is 5. The lowest BCUT2D eigenvalue weighted by molar-refractivity contribution is 0.0992. The SMILES string of the molecule is CCNC(=NCCc1cccs1)NC1CC2CCC1O2. The summed E-state index contributed by atoms with van der Waals surface area (Å²) in [6, 6.07) is 4.71. The third-order valence-corrected chi connectivity index (χ3v) is 4.92. The van der Waals surface area contributed by atoms with E-state index >= 15 is 0 Å². The van der Waals surface area contributed by atoms with Crippen molar-refractivity contribution in [2.24, 2.45) is 4.99 Å². The Balaban J connectivity index is 1.52. The van der Waals surface area contributed by atoms with E-state index in [9.17, 15) is 0 Å². The monoisotopic (exact) mass is 293 g/mol. The van der Waals surface area contributed by atoms with E-state index in [1.165, 1.54) is 17.7 Å². The van der Waals surface area contributed by atoms with Crippen molar-refractivity contribution in [1.29, 1.82) is 0 Å². The van der Waals surface area contributed by atoms with Gasteiger partial charge in [-0.3, -0.25) is 4.99 Å². The number of fused-ring (bicyclic) bond motifs is 2. The van der Waals surface area contributed by atoms with Gasteiger partial charge in [-0.25, -0.2) is 0 Å². The molecular weight excluding hydrogens is 270 g/mol. The molecular formula is C15H23N3OS. The zero-order valence-electron chi connectivity index (χ0n) is 12.0. The molecule has 0 aromatic carbocycles. The molecule has 1 aromatic rings. The van der Waals surface area contributed by atoms with E-state index in [0.717, 1.165) is 31.9 Å². The lowest BCUT2D eigenvalue weighted by Gasteiger charge is -2.22. The molecule has 1 aromatic heterocycles. The summed E-state index contributed by atoms with van der Waals surface area (Å²) in [6.07, 6.45) is 5.43. The van der Waals surface area contributed by atoms with E-state index in [0.29, 0.717) is 18.2 Å². The van der Waals surface area contributed by atoms with Crippen molar-refractivity contribution in [3.63, 3.8) is 0 Å². The number of nitrogens with zero attached hydrogens (tertiary/aromatic N) is 1. The standard InChI is InChI=1S/C15H23N3OS/c1-2-16-15(17-8-7-12-4-3-9-20-12)18-13-10-11-5-6-14(13)19-11/h3-4,9,11,13-14H,2,5-8,10H2,1H3,(H2,16,17,18). The van der Waals surface area contributed by atoms with E-state index in [1.54, 1.807) is 11.3 Å². The van der Waals surface area contributed by atoms with Crippen molar-refractivity contribution in [3.8, 4) is 0 Å². The zero-order chi connectivity index (χ0) is 13.8. The van der Waals surface area contributed by atoms with Crippen LogP contribution in [0.25, 0.3) is 0 Å². The first kappa shape index (κ1) is 13.9. The molecule has 2 saturated heterocycles. The van der Waals surface area contributed by atoms with Crippen LogP contribution in [0.1, 0.15) is 31.1 Å². The van der Waals surface area contributed by atoms with Crippen LogP contribution in [0.4, 0.5) is 0 Å². The van der Waals surface area contributed by atoms with Crippen molar-refractivity contribution in [2.75, 3.05) is 13.1 Å². The van der Waals surface area contributed by atoms with E-state index in [1.807, 2.05) is 0 Å². The molecule has 0 radical (unpaired) electrons. The highest BCUT2D eigenvalue weighted by atomic mass is 32.1. The molecule has 3 unspecified atom stereocenters. The normalized spacial score (nSPS) is 28.9. The number of aliphatic imine (C=N–C) groups is 1. The number of thiophene rings is 1. The minimum absolute atomic E-state index is 0.390. The van der Waals surface area contributed by atoms with Gasteiger partial charge in [0.1, 0.15) is 0 Å². The number of hydrogen-bond acceptors (Lipinski definition) is 3. The van der Waals surface area contributed by atoms with Gasteiger partial charge in [0, 0.05) is 24.4 Å². The second-order valence-corrected chi connectivity index (χ2v) is 6.48. The summed E-state index contributed by atoms with van der Waals surface area (Å²) in [4.78, 5) is 6.08. The molecule has 3 rings (SSSR count). The van der Waals surface area contributed by atoms with Gasteiger partial charge in [0.05, 0.1) is 18.2 Å². The van der Waals surface area contributed by atoms with Crippen LogP contribution in [-0.2, 0) is 11.2 Å². The largest absolute Gasteiger partial charge is 0.373 e. The van der Waals surface area contributed by atoms with Crippen LogP contribution in [0.2, 0.25) is 0 Å². The minimum Gasteiger partial charge on any atom is -0.373 e. The maximum absolute atomic E-state index is 5.88. The minimum atomic E-state index is 0.390. The Hall–Kier alpha value is -1.07. The van der Waals surface area contributed by atoms with E-state index in [4.69, 9.17) is 4.74 Å². The van der Waals surface area contributed by atoms with Crippen LogP contribution in [0.15, 0.2) is 22.5 Å². The fourth-order valence-corrected chi connectivity index (χ4v) is 3.72. The summed E-state index contributed by atoms with van der Waals surface area (Å²) in [5, 5.41) is 9.00. The Labute approximate surface area is 124 Å². The Morgan fingerprint density at radius 2 is 2.45 bits per heavy atom. The van der Waals surface area contributed by atoms with Gasteiger partial charge in [0.15, 0.2) is 5.96 Å². The van der Waals surface area contributed by atoms with Gasteiger partial charge < -0.3 is 15.4 Å². The average molecular weight is 293 g/mol. The number of hydrogen-bond donors (Lipinski definition) is 2. The van der Waals surface area contributed by atoms with Crippen molar-refractivity contribution in [2.45, 2.75) is 50.9 Å². The molecule has 0 aliphatic carbocycles. The Morgan fingerprint density at radius 3 is 3.10 bits per heavy atom. The maximum atomic E-state index is 5.88. The van der Waals surface area contributed by atoms with E-state index in [-0.39, 0.29) is 0 Å². The maximum Gasteiger partial charge on any atom is 0.191 e. The average Bonchev–Trinajstić information content (AvgIpc) is 3.16. The van der Waals surface area contributed by atoms with E-state index < -0.39 is 0 Å². The lowest BCUT2D eigenvalue weighted by Crippen LogP contribution is -2.47. The molecule has 0 amide bonds. The summed E-state index contributed by atoms with van der Waals surface area (Å²) in [6.45, 7) is 3.83. The fourth-order valence-electron chi connectivity index (χ4n) is 3.02. The number of guanidine groups is 1. The molecule has 5 heteroatoms. The number of nitrogens with one attached hydrogen (secondary N) is 2. The second-order valence-electron chi connectivity index (χ2n) is 5.45. The summed E-state index contributed by atoms with van der Waals surface area (Å²) in [7, 11) is 0. The van der Waals surface area contributed by atoms with Gasteiger partial charge in [-0.05, 0) is 37.6 Å². The molecule has 2 N–H and O–H groups in total. The van der Waals surface area contributed by atoms with Crippen LogP contribution in [-0.4, -0.2) is 37.3 Å². The smallest absolute Gasteiger partial charge is 0.191 e. The quantitative estimate of drug-likeness (QED) is 0.646. The van der Waals surface area contributed by atoms with Gasteiger partial charge in [-0.1, -0.05) is 6.07 Å². The Morgan fingerprint density at radius 1 is 1.50 bits per heavy atom. The first-order valence-electron chi connectivity index (χ1n) is 7.58. The first-order valence-corrected chi connectivity index (χ1v) is 8.46. The first-order chi connectivity index (χ1) is 9.85. The van der Waals surface area contributed by atoms with Gasteiger partial charge in [0.2, 0.25) is 0 Å². The molecule has 20 heavy (non-hydrogen) atoms. The Kier molecular flexibility index (Phi) is 4.58. The highest BCUT2D eigenvalue weighted by Crippen LogP contribution is 2.34. The van der Waals surface area contributed by atoms with Crippen molar-refractivity contribution in [1.82, 2.24) is 10.6 Å². The van der Waals surface area contributed by atoms with E-state index in [2.05, 4.69) is 40.1 Å². The van der Waals surface area contributed by atoms with Crippen molar-refractivity contribution in [3.05, 3.63) is 22.4 Å². The fraction of sp³-hybridized carbons (Fsp3) is 0.667. The molecule has 0 spiro atoms. The molecule has 2 bridgehead atoms. The van der Waals surface area contributed by atoms with Gasteiger partial charge in [-0.15, -0.1) is 11.3 Å². The summed E-state index contributed by atoms with van der Waals surface area (Å²) >= 11 is 1.80. The zero-order valence-corrected chi connectivity index (χ0v) is 12.8. The second kappa shape index (κ2) is 6.59. The molecule has 2 fully saturated rings. The predicted molar refractivity (Wildman–Crippen MR) is 83.4 cm³/mol. The molecule has 2 aliphatic rings. The summed E-state index contributed by atoms with van der Waals surface area (Å²) in [5.41, 5.74) is 0. The summed E-state index contributed by atoms with van der Waals surface area (Å²) < 4.78 is 5.88. The van der Waals surface area contributed by atoms with Gasteiger partial charge in [0.25, 0.3) is 0 Å². The van der Waals surface area contributed by atoms with Crippen molar-refractivity contribution >= 4 is 17.3 Å². The van der Waals surface area contributed by atoms with Crippen LogP contribution in [0.3, 0.4) is 0 Å². The molecule has 2 aliphatic heterocycles. The van der Waals surface area contributed by atoms with Crippen molar-refractivity contribution < 1.29 is 4.74 Å². The van der Waals surface area contributed by atoms with Crippen LogP contribution in [0, 0.1) is 0 Å². The molecule has 3 heterocycles. The van der Waals surface area contributed by atoms with Crippen LogP contribution in [0.5, 0.6) is 0 Å². The highest BCUT2D eigenvalue weighted by Gasteiger charge is 2.41. The summed E-state index contributed by atoms with van der Waals surface area (Å²) in [5.74, 6) is 0.935. The predicted octanol–water partition coefficient (Wildman–Crippen LogP) is 2.17. The third-order valence-electron chi connectivity index (χ3n) is 3.98. The van der Waals surface area contributed by atoms with Crippen LogP contribution < -0.4 is 10.6 Å².